The topological polar surface area (TPSA) is 70.8 Å². The molecular weight excluding hydrogens is 420 g/mol. The lowest BCUT2D eigenvalue weighted by Crippen LogP contribution is -2.32. The van der Waals surface area contributed by atoms with E-state index in [1.54, 1.807) is 54.5 Å². The van der Waals surface area contributed by atoms with Gasteiger partial charge in [0.05, 0.1) is 17.7 Å². The first kappa shape index (κ1) is 22.3. The third-order valence-electron chi connectivity index (χ3n) is 4.87. The summed E-state index contributed by atoms with van der Waals surface area (Å²) in [6.07, 6.45) is 2.34. The molecule has 0 aliphatic heterocycles. The largest absolute Gasteiger partial charge is 0.467 e. The molecule has 30 heavy (non-hydrogen) atoms. The lowest BCUT2D eigenvalue weighted by Gasteiger charge is -2.22. The normalized spacial score (nSPS) is 11.7. The second kappa shape index (κ2) is 10.1. The number of benzene rings is 1. The van der Waals surface area contributed by atoms with E-state index in [0.29, 0.717) is 37.5 Å². The Kier molecular flexibility index (Phi) is 7.47. The Labute approximate surface area is 181 Å². The van der Waals surface area contributed by atoms with Gasteiger partial charge in [0.2, 0.25) is 10.0 Å². The lowest BCUT2D eigenvalue weighted by atomic mass is 10.2. The minimum atomic E-state index is -3.55. The average Bonchev–Trinajstić information content (AvgIpc) is 3.45. The van der Waals surface area contributed by atoms with Gasteiger partial charge < -0.3 is 9.32 Å². The maximum atomic E-state index is 13.2. The number of carbonyl (C=O) groups excluding carboxylic acids is 1. The Morgan fingerprint density at radius 3 is 2.33 bits per heavy atom. The zero-order chi connectivity index (χ0) is 21.6. The van der Waals surface area contributed by atoms with Gasteiger partial charge in [-0.25, -0.2) is 8.42 Å². The number of nitrogens with zero attached hydrogens (tertiary/aromatic N) is 2. The van der Waals surface area contributed by atoms with Crippen molar-refractivity contribution in [2.45, 2.75) is 31.7 Å². The van der Waals surface area contributed by atoms with Crippen molar-refractivity contribution in [2.75, 3.05) is 19.6 Å². The molecule has 8 heteroatoms. The lowest BCUT2D eigenvalue weighted by molar-refractivity contribution is 0.0733. The van der Waals surface area contributed by atoms with Gasteiger partial charge in [0, 0.05) is 30.1 Å². The van der Waals surface area contributed by atoms with Gasteiger partial charge in [-0.2, -0.15) is 4.31 Å². The van der Waals surface area contributed by atoms with Crippen LogP contribution in [0.1, 0.15) is 34.8 Å². The van der Waals surface area contributed by atoms with Crippen molar-refractivity contribution in [3.05, 3.63) is 76.4 Å². The minimum Gasteiger partial charge on any atom is -0.467 e. The Morgan fingerprint density at radius 1 is 1.03 bits per heavy atom. The second-order valence-electron chi connectivity index (χ2n) is 6.75. The van der Waals surface area contributed by atoms with E-state index in [1.165, 1.54) is 21.3 Å². The molecule has 3 aromatic rings. The predicted octanol–water partition coefficient (Wildman–Crippen LogP) is 4.26. The third kappa shape index (κ3) is 5.19. The summed E-state index contributed by atoms with van der Waals surface area (Å²) in [5.41, 5.74) is 0.450. The summed E-state index contributed by atoms with van der Waals surface area (Å²) >= 11 is 1.66. The second-order valence-corrected chi connectivity index (χ2v) is 9.72. The Bertz CT molecular complexity index is 1020. The number of hydrogen-bond donors (Lipinski definition) is 0. The standard InChI is InChI=1S/C22H26N2O4S2/c1-3-24(4-2)30(26,27)21-11-9-18(10-12-21)22(25)23(17-19-7-5-15-28-19)14-13-20-8-6-16-29-20/h5-12,15-16H,3-4,13-14,17H2,1-2H3. The molecule has 0 spiro atoms. The van der Waals surface area contributed by atoms with E-state index in [-0.39, 0.29) is 10.8 Å². The van der Waals surface area contributed by atoms with Crippen LogP contribution in [0.3, 0.4) is 0 Å². The smallest absolute Gasteiger partial charge is 0.254 e. The molecule has 6 nitrogen and oxygen atoms in total. The fraction of sp³-hybridized carbons (Fsp3) is 0.318. The fourth-order valence-electron chi connectivity index (χ4n) is 3.21. The monoisotopic (exact) mass is 446 g/mol. The summed E-state index contributed by atoms with van der Waals surface area (Å²) in [5, 5.41) is 2.02. The van der Waals surface area contributed by atoms with Crippen molar-refractivity contribution in [1.29, 1.82) is 0 Å². The van der Waals surface area contributed by atoms with E-state index >= 15 is 0 Å². The van der Waals surface area contributed by atoms with Crippen LogP contribution >= 0.6 is 11.3 Å². The van der Waals surface area contributed by atoms with Crippen LogP contribution in [0, 0.1) is 0 Å². The molecule has 0 N–H and O–H groups in total. The molecule has 2 heterocycles. The van der Waals surface area contributed by atoms with Crippen molar-refractivity contribution < 1.29 is 17.6 Å². The first-order chi connectivity index (χ1) is 14.5. The summed E-state index contributed by atoms with van der Waals surface area (Å²) < 4.78 is 32.2. The number of hydrogen-bond acceptors (Lipinski definition) is 5. The van der Waals surface area contributed by atoms with Crippen molar-refractivity contribution in [3.63, 3.8) is 0 Å². The van der Waals surface area contributed by atoms with Gasteiger partial charge >= 0.3 is 0 Å². The van der Waals surface area contributed by atoms with Crippen LogP contribution in [0.4, 0.5) is 0 Å². The average molecular weight is 447 g/mol. The molecule has 1 amide bonds. The van der Waals surface area contributed by atoms with E-state index in [0.717, 1.165) is 6.42 Å². The Morgan fingerprint density at radius 2 is 1.77 bits per heavy atom. The molecule has 2 aromatic heterocycles. The summed E-state index contributed by atoms with van der Waals surface area (Å²) in [7, 11) is -3.55. The Hall–Kier alpha value is -2.42. The van der Waals surface area contributed by atoms with Crippen LogP contribution in [0.15, 0.2) is 69.5 Å². The van der Waals surface area contributed by atoms with Gasteiger partial charge in [-0.3, -0.25) is 4.79 Å². The van der Waals surface area contributed by atoms with Crippen LogP contribution in [-0.2, 0) is 23.0 Å². The van der Waals surface area contributed by atoms with Gasteiger partial charge in [0.25, 0.3) is 5.91 Å². The molecule has 0 radical (unpaired) electrons. The number of sulfonamides is 1. The Balaban J connectivity index is 1.79. The van der Waals surface area contributed by atoms with E-state index < -0.39 is 10.0 Å². The fourth-order valence-corrected chi connectivity index (χ4v) is 5.36. The first-order valence-corrected chi connectivity index (χ1v) is 12.2. The quantitative estimate of drug-likeness (QED) is 0.467. The van der Waals surface area contributed by atoms with E-state index in [9.17, 15) is 13.2 Å². The van der Waals surface area contributed by atoms with Gasteiger partial charge in [0.1, 0.15) is 5.76 Å². The van der Waals surface area contributed by atoms with Gasteiger partial charge in [-0.1, -0.05) is 19.9 Å². The van der Waals surface area contributed by atoms with Crippen LogP contribution in [0.2, 0.25) is 0 Å². The highest BCUT2D eigenvalue weighted by Gasteiger charge is 2.23. The van der Waals surface area contributed by atoms with Gasteiger partial charge in [-0.05, 0) is 54.3 Å². The molecule has 1 aromatic carbocycles. The molecule has 0 fully saturated rings. The van der Waals surface area contributed by atoms with Crippen LogP contribution in [0.5, 0.6) is 0 Å². The van der Waals surface area contributed by atoms with E-state index in [2.05, 4.69) is 0 Å². The molecule has 160 valence electrons. The zero-order valence-electron chi connectivity index (χ0n) is 17.2. The molecule has 0 unspecified atom stereocenters. The predicted molar refractivity (Wildman–Crippen MR) is 118 cm³/mol. The molecule has 3 rings (SSSR count). The molecule has 0 aliphatic rings. The molecule has 0 bridgehead atoms. The number of amides is 1. The highest BCUT2D eigenvalue weighted by atomic mass is 32.2. The summed E-state index contributed by atoms with van der Waals surface area (Å²) in [5.74, 6) is 0.546. The number of rotatable bonds is 10. The highest BCUT2D eigenvalue weighted by Crippen LogP contribution is 2.19. The van der Waals surface area contributed by atoms with Crippen molar-refractivity contribution in [1.82, 2.24) is 9.21 Å². The van der Waals surface area contributed by atoms with Gasteiger partial charge in [-0.15, -0.1) is 11.3 Å². The SMILES string of the molecule is CCN(CC)S(=O)(=O)c1ccc(C(=O)N(CCc2cccs2)Cc2ccco2)cc1. The number of furan rings is 1. The van der Waals surface area contributed by atoms with Crippen LogP contribution in [-0.4, -0.2) is 43.2 Å². The molecule has 0 atom stereocenters. The molecule has 0 saturated carbocycles. The van der Waals surface area contributed by atoms with Crippen LogP contribution in [0.25, 0.3) is 0 Å². The molecule has 0 saturated heterocycles. The number of carbonyl (C=O) groups is 1. The van der Waals surface area contributed by atoms with Gasteiger partial charge in [0.15, 0.2) is 0 Å². The van der Waals surface area contributed by atoms with Crippen molar-refractivity contribution in [3.8, 4) is 0 Å². The van der Waals surface area contributed by atoms with Crippen molar-refractivity contribution >= 4 is 27.3 Å². The molecule has 0 aliphatic carbocycles. The third-order valence-corrected chi connectivity index (χ3v) is 7.87. The number of thiophene rings is 1. The first-order valence-electron chi connectivity index (χ1n) is 9.90. The van der Waals surface area contributed by atoms with E-state index in [4.69, 9.17) is 4.42 Å². The maximum absolute atomic E-state index is 13.2. The minimum absolute atomic E-state index is 0.158. The van der Waals surface area contributed by atoms with Crippen molar-refractivity contribution in [2.24, 2.45) is 0 Å². The van der Waals surface area contributed by atoms with Crippen LogP contribution < -0.4 is 0 Å². The summed E-state index contributed by atoms with van der Waals surface area (Å²) in [4.78, 5) is 16.3. The molecular formula is C22H26N2O4S2. The zero-order valence-corrected chi connectivity index (χ0v) is 18.8. The van der Waals surface area contributed by atoms with E-state index in [1.807, 2.05) is 23.6 Å². The summed E-state index contributed by atoms with van der Waals surface area (Å²) in [6.45, 7) is 5.31. The summed E-state index contributed by atoms with van der Waals surface area (Å²) in [6, 6.07) is 13.9. The highest BCUT2D eigenvalue weighted by molar-refractivity contribution is 7.89. The maximum Gasteiger partial charge on any atom is 0.254 e.